The molecular weight excluding hydrogens is 200 g/mol. The minimum atomic E-state index is 0.671. The molecule has 0 aromatic carbocycles. The van der Waals surface area contributed by atoms with Crippen LogP contribution in [0.5, 0.6) is 0 Å². The molecule has 2 heterocycles. The Balaban J connectivity index is 1.73. The van der Waals surface area contributed by atoms with E-state index in [1.165, 1.54) is 23.5 Å². The molecule has 0 saturated heterocycles. The molecule has 1 aliphatic rings. The standard InChI is InChI=1S/C12H14N4/c1-2-11-12(15-4-3-14-11)6-9(1)5-10-7-13-8-16-10/h3-4,7-9H,1-2,5-6H2,(H,13,16). The highest BCUT2D eigenvalue weighted by atomic mass is 14.9. The van der Waals surface area contributed by atoms with E-state index in [0.29, 0.717) is 5.92 Å². The minimum Gasteiger partial charge on any atom is -0.348 e. The second-order valence-electron chi connectivity index (χ2n) is 4.34. The predicted molar refractivity (Wildman–Crippen MR) is 59.8 cm³/mol. The van der Waals surface area contributed by atoms with E-state index < -0.39 is 0 Å². The van der Waals surface area contributed by atoms with Gasteiger partial charge in [-0.15, -0.1) is 0 Å². The largest absolute Gasteiger partial charge is 0.348 e. The van der Waals surface area contributed by atoms with E-state index >= 15 is 0 Å². The lowest BCUT2D eigenvalue weighted by Gasteiger charge is -2.22. The number of hydrogen-bond acceptors (Lipinski definition) is 3. The lowest BCUT2D eigenvalue weighted by atomic mass is 9.86. The summed E-state index contributed by atoms with van der Waals surface area (Å²) in [5.74, 6) is 0.671. The van der Waals surface area contributed by atoms with Crippen LogP contribution in [-0.4, -0.2) is 19.9 Å². The number of rotatable bonds is 2. The van der Waals surface area contributed by atoms with Crippen LogP contribution in [0.4, 0.5) is 0 Å². The molecule has 0 aliphatic heterocycles. The molecule has 0 saturated carbocycles. The third kappa shape index (κ3) is 1.83. The van der Waals surface area contributed by atoms with Gasteiger partial charge >= 0.3 is 0 Å². The van der Waals surface area contributed by atoms with Crippen molar-refractivity contribution < 1.29 is 0 Å². The van der Waals surface area contributed by atoms with Crippen molar-refractivity contribution in [3.05, 3.63) is 42.0 Å². The zero-order chi connectivity index (χ0) is 10.8. The molecule has 0 spiro atoms. The quantitative estimate of drug-likeness (QED) is 0.825. The maximum absolute atomic E-state index is 4.41. The van der Waals surface area contributed by atoms with Crippen LogP contribution in [0.2, 0.25) is 0 Å². The highest BCUT2D eigenvalue weighted by Crippen LogP contribution is 2.24. The van der Waals surface area contributed by atoms with E-state index in [9.17, 15) is 0 Å². The summed E-state index contributed by atoms with van der Waals surface area (Å²) in [5, 5.41) is 0. The van der Waals surface area contributed by atoms with Crippen molar-refractivity contribution in [3.63, 3.8) is 0 Å². The van der Waals surface area contributed by atoms with E-state index in [4.69, 9.17) is 0 Å². The summed E-state index contributed by atoms with van der Waals surface area (Å²) in [4.78, 5) is 16.0. The SMILES string of the molecule is c1cnc2c(n1)CCC(Cc1cnc[nH]1)C2. The van der Waals surface area contributed by atoms with Crippen molar-refractivity contribution >= 4 is 0 Å². The fraction of sp³-hybridized carbons (Fsp3) is 0.417. The molecule has 0 radical (unpaired) electrons. The minimum absolute atomic E-state index is 0.671. The average molecular weight is 214 g/mol. The maximum atomic E-state index is 4.41. The van der Waals surface area contributed by atoms with Crippen molar-refractivity contribution in [1.29, 1.82) is 0 Å². The molecule has 0 bridgehead atoms. The lowest BCUT2D eigenvalue weighted by Crippen LogP contribution is -2.18. The number of nitrogens with one attached hydrogen (secondary N) is 1. The van der Waals surface area contributed by atoms with Crippen molar-refractivity contribution in [1.82, 2.24) is 19.9 Å². The highest BCUT2D eigenvalue weighted by Gasteiger charge is 2.20. The number of aryl methyl sites for hydroxylation is 1. The van der Waals surface area contributed by atoms with Crippen LogP contribution in [0.25, 0.3) is 0 Å². The van der Waals surface area contributed by atoms with Crippen LogP contribution in [-0.2, 0) is 19.3 Å². The van der Waals surface area contributed by atoms with E-state index in [1.807, 2.05) is 6.20 Å². The molecule has 1 atom stereocenters. The zero-order valence-corrected chi connectivity index (χ0v) is 9.06. The predicted octanol–water partition coefficient (Wildman–Crippen LogP) is 1.55. The third-order valence-corrected chi connectivity index (χ3v) is 3.20. The van der Waals surface area contributed by atoms with Crippen LogP contribution < -0.4 is 0 Å². The van der Waals surface area contributed by atoms with Gasteiger partial charge in [0, 0.05) is 24.3 Å². The van der Waals surface area contributed by atoms with Crippen LogP contribution in [0.3, 0.4) is 0 Å². The molecule has 0 fully saturated rings. The Bertz CT molecular complexity index is 464. The molecule has 2 aromatic heterocycles. The zero-order valence-electron chi connectivity index (χ0n) is 9.06. The van der Waals surface area contributed by atoms with E-state index in [2.05, 4.69) is 19.9 Å². The summed E-state index contributed by atoms with van der Waals surface area (Å²) in [6.07, 6.45) is 11.6. The Labute approximate surface area is 94.2 Å². The highest BCUT2D eigenvalue weighted by molar-refractivity contribution is 5.15. The molecule has 1 unspecified atom stereocenters. The summed E-state index contributed by atoms with van der Waals surface area (Å²) in [5.41, 5.74) is 3.58. The van der Waals surface area contributed by atoms with E-state index in [1.54, 1.807) is 18.7 Å². The number of imidazole rings is 1. The van der Waals surface area contributed by atoms with Gasteiger partial charge in [0.2, 0.25) is 0 Å². The molecule has 82 valence electrons. The van der Waals surface area contributed by atoms with Crippen LogP contribution in [0.15, 0.2) is 24.9 Å². The van der Waals surface area contributed by atoms with Crippen LogP contribution in [0.1, 0.15) is 23.5 Å². The van der Waals surface area contributed by atoms with Crippen molar-refractivity contribution in [2.75, 3.05) is 0 Å². The second kappa shape index (κ2) is 4.04. The van der Waals surface area contributed by atoms with Crippen molar-refractivity contribution in [2.24, 2.45) is 5.92 Å². The monoisotopic (exact) mass is 214 g/mol. The maximum Gasteiger partial charge on any atom is 0.0921 e. The van der Waals surface area contributed by atoms with E-state index in [0.717, 1.165) is 19.3 Å². The Morgan fingerprint density at radius 3 is 2.94 bits per heavy atom. The molecule has 1 N–H and O–H groups in total. The van der Waals surface area contributed by atoms with Gasteiger partial charge in [0.15, 0.2) is 0 Å². The van der Waals surface area contributed by atoms with Gasteiger partial charge in [0.25, 0.3) is 0 Å². The molecule has 1 aliphatic carbocycles. The molecule has 16 heavy (non-hydrogen) atoms. The van der Waals surface area contributed by atoms with E-state index in [-0.39, 0.29) is 0 Å². The summed E-state index contributed by atoms with van der Waals surface area (Å²) < 4.78 is 0. The van der Waals surface area contributed by atoms with Gasteiger partial charge in [-0.05, 0) is 31.6 Å². The number of aromatic amines is 1. The van der Waals surface area contributed by atoms with Crippen LogP contribution >= 0.6 is 0 Å². The third-order valence-electron chi connectivity index (χ3n) is 3.20. The average Bonchev–Trinajstić information content (AvgIpc) is 2.82. The fourth-order valence-electron chi connectivity index (χ4n) is 2.37. The number of fused-ring (bicyclic) bond motifs is 1. The Morgan fingerprint density at radius 2 is 2.12 bits per heavy atom. The molecule has 4 nitrogen and oxygen atoms in total. The molecule has 4 heteroatoms. The van der Waals surface area contributed by atoms with Gasteiger partial charge in [0.1, 0.15) is 0 Å². The fourth-order valence-corrected chi connectivity index (χ4v) is 2.37. The first kappa shape index (κ1) is 9.51. The molecule has 0 amide bonds. The summed E-state index contributed by atoms with van der Waals surface area (Å²) in [6.45, 7) is 0. The summed E-state index contributed by atoms with van der Waals surface area (Å²) >= 11 is 0. The lowest BCUT2D eigenvalue weighted by molar-refractivity contribution is 0.439. The van der Waals surface area contributed by atoms with Gasteiger partial charge in [-0.3, -0.25) is 9.97 Å². The normalized spacial score (nSPS) is 19.4. The van der Waals surface area contributed by atoms with Gasteiger partial charge in [-0.2, -0.15) is 0 Å². The smallest absolute Gasteiger partial charge is 0.0921 e. The van der Waals surface area contributed by atoms with Crippen molar-refractivity contribution in [2.45, 2.75) is 25.7 Å². The number of aromatic nitrogens is 4. The summed E-state index contributed by atoms with van der Waals surface area (Å²) in [6, 6.07) is 0. The molecular formula is C12H14N4. The Hall–Kier alpha value is -1.71. The number of H-pyrrole nitrogens is 1. The Morgan fingerprint density at radius 1 is 1.25 bits per heavy atom. The van der Waals surface area contributed by atoms with Crippen molar-refractivity contribution in [3.8, 4) is 0 Å². The number of nitrogens with zero attached hydrogens (tertiary/aromatic N) is 3. The Kier molecular flexibility index (Phi) is 2.40. The topological polar surface area (TPSA) is 54.5 Å². The summed E-state index contributed by atoms with van der Waals surface area (Å²) in [7, 11) is 0. The number of hydrogen-bond donors (Lipinski definition) is 1. The van der Waals surface area contributed by atoms with Gasteiger partial charge in [-0.25, -0.2) is 4.98 Å². The first-order chi connectivity index (χ1) is 7.92. The van der Waals surface area contributed by atoms with Gasteiger partial charge < -0.3 is 4.98 Å². The molecule has 3 rings (SSSR count). The van der Waals surface area contributed by atoms with Gasteiger partial charge in [-0.1, -0.05) is 0 Å². The van der Waals surface area contributed by atoms with Gasteiger partial charge in [0.05, 0.1) is 17.7 Å². The second-order valence-corrected chi connectivity index (χ2v) is 4.34. The first-order valence-corrected chi connectivity index (χ1v) is 5.68. The first-order valence-electron chi connectivity index (χ1n) is 5.68. The van der Waals surface area contributed by atoms with Crippen LogP contribution in [0, 0.1) is 5.92 Å². The molecule has 2 aromatic rings.